The van der Waals surface area contributed by atoms with E-state index in [1.165, 1.54) is 6.07 Å². The lowest BCUT2D eigenvalue weighted by Gasteiger charge is -2.04. The molecule has 0 unspecified atom stereocenters. The Bertz CT molecular complexity index is 517. The van der Waals surface area contributed by atoms with E-state index < -0.39 is 9.05 Å². The molecule has 0 amide bonds. The van der Waals surface area contributed by atoms with Crippen molar-refractivity contribution in [1.82, 2.24) is 0 Å². The van der Waals surface area contributed by atoms with Crippen LogP contribution >= 0.6 is 23.3 Å². The van der Waals surface area contributed by atoms with Gasteiger partial charge in [-0.05, 0) is 24.6 Å². The maximum absolute atomic E-state index is 11.1. The molecule has 0 aliphatic rings. The summed E-state index contributed by atoms with van der Waals surface area (Å²) in [5.74, 6) is 0. The van der Waals surface area contributed by atoms with E-state index in [9.17, 15) is 8.42 Å². The van der Waals surface area contributed by atoms with Crippen molar-refractivity contribution < 1.29 is 8.42 Å². The smallest absolute Gasteiger partial charge is 0.207 e. The molecule has 0 saturated heterocycles. The van der Waals surface area contributed by atoms with E-state index >= 15 is 0 Å². The summed E-state index contributed by atoms with van der Waals surface area (Å²) in [6.45, 7) is 1.66. The van der Waals surface area contributed by atoms with Crippen molar-refractivity contribution in [3.63, 3.8) is 0 Å². The van der Waals surface area contributed by atoms with Gasteiger partial charge in [-0.1, -0.05) is 0 Å². The first-order chi connectivity index (χ1) is 6.36. The van der Waals surface area contributed by atoms with Crippen LogP contribution in [0.4, 0.5) is 0 Å². The lowest BCUT2D eigenvalue weighted by Crippen LogP contribution is -1.95. The predicted octanol–water partition coefficient (Wildman–Crippen LogP) is 2.08. The minimum Gasteiger partial charge on any atom is -0.207 e. The lowest BCUT2D eigenvalue weighted by molar-refractivity contribution is 0.607. The molecule has 14 heavy (non-hydrogen) atoms. The number of hydrogen-bond acceptors (Lipinski definition) is 4. The Hall–Kier alpha value is -0.700. The van der Waals surface area contributed by atoms with E-state index in [0.717, 1.165) is 0 Å². The fraction of sp³-hybridized carbons (Fsp3) is 0.125. The molecule has 0 bridgehead atoms. The summed E-state index contributed by atoms with van der Waals surface area (Å²) >= 11 is 4.02. The molecule has 1 aromatic carbocycles. The average molecular weight is 248 g/mol. The average Bonchev–Trinajstić information content (AvgIpc) is 2.07. The zero-order valence-electron chi connectivity index (χ0n) is 7.15. The van der Waals surface area contributed by atoms with Crippen molar-refractivity contribution in [3.8, 4) is 6.07 Å². The zero-order chi connectivity index (χ0) is 10.9. The molecule has 74 valence electrons. The van der Waals surface area contributed by atoms with Gasteiger partial charge in [0.25, 0.3) is 9.05 Å². The highest BCUT2D eigenvalue weighted by Crippen LogP contribution is 2.27. The van der Waals surface area contributed by atoms with Crippen LogP contribution in [0.3, 0.4) is 0 Å². The summed E-state index contributed by atoms with van der Waals surface area (Å²) in [5.41, 5.74) is 0.853. The molecule has 1 rings (SSSR count). The molecule has 1 aromatic rings. The minimum absolute atomic E-state index is 0.126. The Labute approximate surface area is 92.1 Å². The number of nitriles is 1. The van der Waals surface area contributed by atoms with Crippen LogP contribution in [0.2, 0.25) is 0 Å². The summed E-state index contributed by atoms with van der Waals surface area (Å²) in [6, 6.07) is 4.61. The molecule has 0 aliphatic heterocycles. The third-order valence-electron chi connectivity index (χ3n) is 1.66. The van der Waals surface area contributed by atoms with Gasteiger partial charge in [-0.2, -0.15) is 5.26 Å². The number of rotatable bonds is 1. The van der Waals surface area contributed by atoms with E-state index in [1.807, 2.05) is 6.07 Å². The highest BCUT2D eigenvalue weighted by molar-refractivity contribution is 8.14. The second-order valence-electron chi connectivity index (χ2n) is 2.69. The summed E-state index contributed by atoms with van der Waals surface area (Å²) in [6.07, 6.45) is 0. The van der Waals surface area contributed by atoms with Gasteiger partial charge >= 0.3 is 0 Å². The second kappa shape index (κ2) is 3.81. The third-order valence-corrected chi connectivity index (χ3v) is 3.75. The van der Waals surface area contributed by atoms with Gasteiger partial charge in [0.05, 0.1) is 16.5 Å². The molecule has 0 radical (unpaired) electrons. The van der Waals surface area contributed by atoms with Crippen LogP contribution in [-0.4, -0.2) is 8.42 Å². The molecular weight excluding hydrogens is 242 g/mol. The van der Waals surface area contributed by atoms with Gasteiger partial charge in [0, 0.05) is 15.6 Å². The quantitative estimate of drug-likeness (QED) is 0.611. The van der Waals surface area contributed by atoms with Crippen molar-refractivity contribution in [3.05, 3.63) is 23.3 Å². The largest absolute Gasteiger partial charge is 0.262 e. The highest BCUT2D eigenvalue weighted by atomic mass is 35.7. The zero-order valence-corrected chi connectivity index (χ0v) is 9.62. The van der Waals surface area contributed by atoms with Crippen molar-refractivity contribution in [2.24, 2.45) is 0 Å². The van der Waals surface area contributed by atoms with E-state index in [1.54, 1.807) is 13.0 Å². The number of benzene rings is 1. The maximum atomic E-state index is 11.1. The number of thiol groups is 1. The second-order valence-corrected chi connectivity index (χ2v) is 5.67. The molecule has 3 nitrogen and oxygen atoms in total. The summed E-state index contributed by atoms with van der Waals surface area (Å²) < 4.78 is 22.2. The molecule has 0 heterocycles. The van der Waals surface area contributed by atoms with Gasteiger partial charge in [0.1, 0.15) is 0 Å². The molecular formula is C8H6ClNO2S2. The van der Waals surface area contributed by atoms with Crippen molar-refractivity contribution in [2.75, 3.05) is 0 Å². The minimum atomic E-state index is -3.84. The number of aryl methyl sites for hydroxylation is 1. The van der Waals surface area contributed by atoms with E-state index in [0.29, 0.717) is 5.56 Å². The first-order valence-corrected chi connectivity index (χ1v) is 6.30. The number of hydrogen-bond donors (Lipinski definition) is 1. The van der Waals surface area contributed by atoms with Crippen LogP contribution in [0.5, 0.6) is 0 Å². The van der Waals surface area contributed by atoms with Gasteiger partial charge in [-0.3, -0.25) is 0 Å². The summed E-state index contributed by atoms with van der Waals surface area (Å²) in [4.78, 5) is 0.151. The van der Waals surface area contributed by atoms with E-state index in [4.69, 9.17) is 15.9 Å². The van der Waals surface area contributed by atoms with Gasteiger partial charge in [-0.15, -0.1) is 12.6 Å². The topological polar surface area (TPSA) is 57.9 Å². The Morgan fingerprint density at radius 3 is 2.50 bits per heavy atom. The molecule has 0 saturated carbocycles. The maximum Gasteiger partial charge on any atom is 0.262 e. The summed E-state index contributed by atoms with van der Waals surface area (Å²) in [7, 11) is 1.33. The van der Waals surface area contributed by atoms with Gasteiger partial charge in [0.15, 0.2) is 0 Å². The third kappa shape index (κ3) is 2.21. The Balaban J connectivity index is 3.61. The molecule has 0 N–H and O–H groups in total. The van der Waals surface area contributed by atoms with Gasteiger partial charge in [0.2, 0.25) is 0 Å². The molecule has 0 aromatic heterocycles. The Morgan fingerprint density at radius 2 is 2.07 bits per heavy atom. The van der Waals surface area contributed by atoms with Crippen LogP contribution in [0, 0.1) is 18.3 Å². The van der Waals surface area contributed by atoms with Crippen LogP contribution in [0.15, 0.2) is 21.9 Å². The van der Waals surface area contributed by atoms with E-state index in [2.05, 4.69) is 12.6 Å². The Kier molecular flexibility index (Phi) is 3.10. The Morgan fingerprint density at radius 1 is 1.50 bits per heavy atom. The fourth-order valence-corrected chi connectivity index (χ4v) is 2.67. The van der Waals surface area contributed by atoms with Crippen LogP contribution in [0.25, 0.3) is 0 Å². The van der Waals surface area contributed by atoms with Crippen LogP contribution in [-0.2, 0) is 9.05 Å². The molecule has 6 heteroatoms. The summed E-state index contributed by atoms with van der Waals surface area (Å²) in [5, 5.41) is 8.63. The highest BCUT2D eigenvalue weighted by Gasteiger charge is 2.16. The van der Waals surface area contributed by atoms with Gasteiger partial charge < -0.3 is 0 Å². The molecule has 0 atom stereocenters. The number of nitrogens with zero attached hydrogens (tertiary/aromatic N) is 1. The van der Waals surface area contributed by atoms with Crippen LogP contribution < -0.4 is 0 Å². The molecule has 0 fully saturated rings. The SMILES string of the molecule is Cc1cc(C#N)cc(S(=O)(=O)Cl)c1S. The van der Waals surface area contributed by atoms with Crippen molar-refractivity contribution in [2.45, 2.75) is 16.7 Å². The molecule has 0 aliphatic carbocycles. The predicted molar refractivity (Wildman–Crippen MR) is 56.2 cm³/mol. The fourth-order valence-electron chi connectivity index (χ4n) is 0.998. The standard InChI is InChI=1S/C8H6ClNO2S2/c1-5-2-6(4-10)3-7(8(5)13)14(9,11)12/h2-3,13H,1H3. The van der Waals surface area contributed by atoms with E-state index in [-0.39, 0.29) is 15.4 Å². The first-order valence-electron chi connectivity index (χ1n) is 3.54. The normalized spacial score (nSPS) is 11.0. The van der Waals surface area contributed by atoms with Crippen molar-refractivity contribution >= 4 is 32.4 Å². The molecule has 0 spiro atoms. The number of halogens is 1. The first kappa shape index (κ1) is 11.4. The monoisotopic (exact) mass is 247 g/mol. The van der Waals surface area contributed by atoms with Gasteiger partial charge in [-0.25, -0.2) is 8.42 Å². The van der Waals surface area contributed by atoms with Crippen molar-refractivity contribution in [1.29, 1.82) is 5.26 Å². The lowest BCUT2D eigenvalue weighted by atomic mass is 10.1. The van der Waals surface area contributed by atoms with Crippen LogP contribution in [0.1, 0.15) is 11.1 Å².